The SMILES string of the molecule is Cc1csc(=NC(=O)c2ccc(F)cc2)n1CC(=O)N1CCOCC1. The van der Waals surface area contributed by atoms with Gasteiger partial charge in [-0.05, 0) is 31.2 Å². The number of benzene rings is 1. The van der Waals surface area contributed by atoms with Crippen LogP contribution in [0.25, 0.3) is 0 Å². The molecule has 132 valence electrons. The summed E-state index contributed by atoms with van der Waals surface area (Å²) < 4.78 is 19.9. The molecule has 1 saturated heterocycles. The van der Waals surface area contributed by atoms with E-state index in [1.165, 1.54) is 35.6 Å². The standard InChI is InChI=1S/C17H18FN3O3S/c1-12-11-25-17(19-16(23)13-2-4-14(18)5-3-13)21(12)10-15(22)20-6-8-24-9-7-20/h2-5,11H,6-10H2,1H3. The summed E-state index contributed by atoms with van der Waals surface area (Å²) in [6.45, 7) is 4.22. The number of nitrogens with zero attached hydrogens (tertiary/aromatic N) is 3. The highest BCUT2D eigenvalue weighted by Crippen LogP contribution is 2.07. The monoisotopic (exact) mass is 363 g/mol. The van der Waals surface area contributed by atoms with Crippen molar-refractivity contribution in [1.82, 2.24) is 9.47 Å². The molecule has 6 nitrogen and oxygen atoms in total. The van der Waals surface area contributed by atoms with Crippen molar-refractivity contribution < 1.29 is 18.7 Å². The molecule has 2 aromatic rings. The van der Waals surface area contributed by atoms with E-state index in [1.54, 1.807) is 9.47 Å². The van der Waals surface area contributed by atoms with Crippen LogP contribution in [0, 0.1) is 12.7 Å². The molecule has 25 heavy (non-hydrogen) atoms. The molecule has 0 saturated carbocycles. The summed E-state index contributed by atoms with van der Waals surface area (Å²) in [5, 5.41) is 1.85. The summed E-state index contributed by atoms with van der Waals surface area (Å²) in [4.78, 5) is 31.0. The predicted molar refractivity (Wildman–Crippen MR) is 90.7 cm³/mol. The maximum atomic E-state index is 13.0. The van der Waals surface area contributed by atoms with E-state index < -0.39 is 11.7 Å². The second kappa shape index (κ2) is 7.71. The quantitative estimate of drug-likeness (QED) is 0.832. The minimum absolute atomic E-state index is 0.0273. The minimum atomic E-state index is -0.463. The van der Waals surface area contributed by atoms with Crippen LogP contribution in [0.2, 0.25) is 0 Å². The maximum Gasteiger partial charge on any atom is 0.279 e. The van der Waals surface area contributed by atoms with Gasteiger partial charge >= 0.3 is 0 Å². The first kappa shape index (κ1) is 17.5. The van der Waals surface area contributed by atoms with E-state index in [4.69, 9.17) is 4.74 Å². The van der Waals surface area contributed by atoms with Gasteiger partial charge in [0.05, 0.1) is 13.2 Å². The lowest BCUT2D eigenvalue weighted by atomic mass is 10.2. The van der Waals surface area contributed by atoms with Gasteiger partial charge in [0.25, 0.3) is 5.91 Å². The van der Waals surface area contributed by atoms with Gasteiger partial charge in [0.1, 0.15) is 12.4 Å². The second-order valence-electron chi connectivity index (χ2n) is 5.66. The lowest BCUT2D eigenvalue weighted by Crippen LogP contribution is -2.43. The van der Waals surface area contributed by atoms with Crippen molar-refractivity contribution in [2.75, 3.05) is 26.3 Å². The molecular formula is C17H18FN3O3S. The molecule has 0 N–H and O–H groups in total. The highest BCUT2D eigenvalue weighted by atomic mass is 32.1. The van der Waals surface area contributed by atoms with Gasteiger partial charge < -0.3 is 14.2 Å². The van der Waals surface area contributed by atoms with Gasteiger partial charge in [-0.3, -0.25) is 9.59 Å². The predicted octanol–water partition coefficient (Wildman–Crippen LogP) is 1.60. The fourth-order valence-corrected chi connectivity index (χ4v) is 3.36. The number of ether oxygens (including phenoxy) is 1. The smallest absolute Gasteiger partial charge is 0.279 e. The Morgan fingerprint density at radius 1 is 1.24 bits per heavy atom. The van der Waals surface area contributed by atoms with Crippen LogP contribution in [0.4, 0.5) is 4.39 Å². The first-order valence-corrected chi connectivity index (χ1v) is 8.77. The molecule has 2 heterocycles. The Balaban J connectivity index is 1.82. The molecule has 1 aliphatic rings. The molecule has 0 radical (unpaired) electrons. The third-order valence-electron chi connectivity index (χ3n) is 3.94. The summed E-state index contributed by atoms with van der Waals surface area (Å²) in [6, 6.07) is 5.23. The van der Waals surface area contributed by atoms with Gasteiger partial charge in [-0.15, -0.1) is 11.3 Å². The van der Waals surface area contributed by atoms with Gasteiger partial charge in [0.15, 0.2) is 4.80 Å². The van der Waals surface area contributed by atoms with E-state index >= 15 is 0 Å². The van der Waals surface area contributed by atoms with Crippen molar-refractivity contribution >= 4 is 23.2 Å². The Bertz CT molecular complexity index is 836. The Morgan fingerprint density at radius 2 is 1.92 bits per heavy atom. The molecule has 8 heteroatoms. The number of carbonyl (C=O) groups excluding carboxylic acids is 2. The summed E-state index contributed by atoms with van der Waals surface area (Å²) >= 11 is 1.30. The first-order chi connectivity index (χ1) is 12.0. The molecule has 0 aliphatic carbocycles. The number of thiazole rings is 1. The van der Waals surface area contributed by atoms with E-state index in [0.29, 0.717) is 36.7 Å². The summed E-state index contributed by atoms with van der Waals surface area (Å²) in [7, 11) is 0. The van der Waals surface area contributed by atoms with Gasteiger partial charge in [-0.2, -0.15) is 4.99 Å². The Morgan fingerprint density at radius 3 is 2.60 bits per heavy atom. The van der Waals surface area contributed by atoms with Gasteiger partial charge in [-0.25, -0.2) is 4.39 Å². The fraction of sp³-hybridized carbons (Fsp3) is 0.353. The zero-order chi connectivity index (χ0) is 17.8. The van der Waals surface area contributed by atoms with Crippen LogP contribution < -0.4 is 4.80 Å². The van der Waals surface area contributed by atoms with Crippen molar-refractivity contribution in [3.05, 3.63) is 51.5 Å². The lowest BCUT2D eigenvalue weighted by molar-refractivity contribution is -0.135. The zero-order valence-corrected chi connectivity index (χ0v) is 14.6. The van der Waals surface area contributed by atoms with E-state index in [2.05, 4.69) is 4.99 Å². The normalized spacial score (nSPS) is 15.4. The number of aryl methyl sites for hydroxylation is 1. The maximum absolute atomic E-state index is 13.0. The van der Waals surface area contributed by atoms with Crippen LogP contribution in [-0.4, -0.2) is 47.6 Å². The van der Waals surface area contributed by atoms with E-state index in [-0.39, 0.29) is 12.5 Å². The average Bonchev–Trinajstić information content (AvgIpc) is 2.96. The molecule has 0 unspecified atom stereocenters. The second-order valence-corrected chi connectivity index (χ2v) is 6.50. The average molecular weight is 363 g/mol. The highest BCUT2D eigenvalue weighted by Gasteiger charge is 2.18. The van der Waals surface area contributed by atoms with Crippen LogP contribution in [0.1, 0.15) is 16.1 Å². The third kappa shape index (κ3) is 4.21. The number of carbonyl (C=O) groups is 2. The van der Waals surface area contributed by atoms with Crippen molar-refractivity contribution in [2.45, 2.75) is 13.5 Å². The Labute approximate surface area is 148 Å². The molecule has 1 aromatic carbocycles. The van der Waals surface area contributed by atoms with E-state index in [0.717, 1.165) is 5.69 Å². The molecule has 0 spiro atoms. The Hall–Kier alpha value is -2.32. The van der Waals surface area contributed by atoms with Crippen molar-refractivity contribution in [3.8, 4) is 0 Å². The molecular weight excluding hydrogens is 345 g/mol. The molecule has 0 atom stereocenters. The number of rotatable bonds is 3. The van der Waals surface area contributed by atoms with Gasteiger partial charge in [-0.1, -0.05) is 0 Å². The minimum Gasteiger partial charge on any atom is -0.378 e. The van der Waals surface area contributed by atoms with Crippen LogP contribution in [0.15, 0.2) is 34.6 Å². The lowest BCUT2D eigenvalue weighted by Gasteiger charge is -2.27. The van der Waals surface area contributed by atoms with Crippen LogP contribution in [0.3, 0.4) is 0 Å². The summed E-state index contributed by atoms with van der Waals surface area (Å²) in [5.41, 5.74) is 1.16. The van der Waals surface area contributed by atoms with E-state index in [9.17, 15) is 14.0 Å². The number of hydrogen-bond donors (Lipinski definition) is 0. The van der Waals surface area contributed by atoms with Gasteiger partial charge in [0.2, 0.25) is 5.91 Å². The summed E-state index contributed by atoms with van der Waals surface area (Å²) in [6.07, 6.45) is 0. The van der Waals surface area contributed by atoms with Crippen molar-refractivity contribution in [2.24, 2.45) is 4.99 Å². The topological polar surface area (TPSA) is 63.9 Å². The number of hydrogen-bond acceptors (Lipinski definition) is 4. The first-order valence-electron chi connectivity index (χ1n) is 7.89. The molecule has 1 fully saturated rings. The van der Waals surface area contributed by atoms with Crippen LogP contribution >= 0.6 is 11.3 Å². The van der Waals surface area contributed by atoms with E-state index in [1.807, 2.05) is 12.3 Å². The molecule has 3 rings (SSSR count). The fourth-order valence-electron chi connectivity index (χ4n) is 2.49. The van der Waals surface area contributed by atoms with Gasteiger partial charge in [0, 0.05) is 29.7 Å². The van der Waals surface area contributed by atoms with Crippen molar-refractivity contribution in [3.63, 3.8) is 0 Å². The van der Waals surface area contributed by atoms with Crippen LogP contribution in [-0.2, 0) is 16.1 Å². The molecule has 2 amide bonds. The zero-order valence-electron chi connectivity index (χ0n) is 13.8. The largest absolute Gasteiger partial charge is 0.378 e. The Kier molecular flexibility index (Phi) is 5.40. The highest BCUT2D eigenvalue weighted by molar-refractivity contribution is 7.07. The number of aromatic nitrogens is 1. The molecule has 1 aliphatic heterocycles. The molecule has 0 bridgehead atoms. The number of amides is 2. The third-order valence-corrected chi connectivity index (χ3v) is 4.92. The number of halogens is 1. The summed E-state index contributed by atoms with van der Waals surface area (Å²) in [5.74, 6) is -0.899. The molecule has 1 aromatic heterocycles. The van der Waals surface area contributed by atoms with Crippen molar-refractivity contribution in [1.29, 1.82) is 0 Å². The van der Waals surface area contributed by atoms with Crippen LogP contribution in [0.5, 0.6) is 0 Å². The number of morpholine rings is 1.